The Hall–Kier alpha value is -0.340. The minimum atomic E-state index is -0.688. The lowest BCUT2D eigenvalue weighted by molar-refractivity contribution is -0.177. The topological polar surface area (TPSA) is 40.5 Å². The Kier molecular flexibility index (Phi) is 2.24. The molecule has 0 spiro atoms. The number of fused-ring (bicyclic) bond motifs is 3. The van der Waals surface area contributed by atoms with Gasteiger partial charge in [-0.1, -0.05) is 13.0 Å². The molecule has 0 heterocycles. The van der Waals surface area contributed by atoms with Crippen molar-refractivity contribution in [2.45, 2.75) is 50.7 Å². The van der Waals surface area contributed by atoms with Gasteiger partial charge in [0.2, 0.25) is 0 Å². The quantitative estimate of drug-likeness (QED) is 0.662. The number of hydrogen-bond acceptors (Lipinski definition) is 2. The van der Waals surface area contributed by atoms with E-state index in [4.69, 9.17) is 0 Å². The van der Waals surface area contributed by atoms with Crippen LogP contribution in [0.15, 0.2) is 12.7 Å². The minimum absolute atomic E-state index is 0.0716. The van der Waals surface area contributed by atoms with Gasteiger partial charge in [-0.2, -0.15) is 0 Å². The number of rotatable bonds is 2. The summed E-state index contributed by atoms with van der Waals surface area (Å²) in [4.78, 5) is 0. The zero-order valence-corrected chi connectivity index (χ0v) is 8.87. The Bertz CT molecular complexity index is 251. The van der Waals surface area contributed by atoms with Crippen molar-refractivity contribution >= 4 is 0 Å². The Morgan fingerprint density at radius 2 is 2.29 bits per heavy atom. The summed E-state index contributed by atoms with van der Waals surface area (Å²) in [6.45, 7) is 5.87. The molecule has 2 bridgehead atoms. The molecule has 0 unspecified atom stereocenters. The molecule has 4 atom stereocenters. The highest BCUT2D eigenvalue weighted by molar-refractivity contribution is 5.08. The summed E-state index contributed by atoms with van der Waals surface area (Å²) in [5.74, 6) is 0.0716. The molecule has 2 N–H and O–H groups in total. The lowest BCUT2D eigenvalue weighted by Crippen LogP contribution is -2.57. The first-order chi connectivity index (χ1) is 6.49. The van der Waals surface area contributed by atoms with Crippen LogP contribution in [0.3, 0.4) is 0 Å². The summed E-state index contributed by atoms with van der Waals surface area (Å²) >= 11 is 0. The zero-order valence-electron chi connectivity index (χ0n) is 8.87. The molecule has 0 aromatic carbocycles. The predicted octanol–water partition coefficient (Wildman–Crippen LogP) is 1.86. The monoisotopic (exact) mass is 196 g/mol. The molecule has 14 heavy (non-hydrogen) atoms. The maximum Gasteiger partial charge on any atom is 0.0739 e. The average molecular weight is 196 g/mol. The largest absolute Gasteiger partial charge is 0.393 e. The van der Waals surface area contributed by atoms with Gasteiger partial charge in [0, 0.05) is 5.92 Å². The van der Waals surface area contributed by atoms with E-state index in [1.807, 2.05) is 0 Å². The number of aliphatic hydroxyl groups excluding tert-OH is 1. The minimum Gasteiger partial charge on any atom is -0.393 e. The second kappa shape index (κ2) is 3.07. The van der Waals surface area contributed by atoms with Crippen molar-refractivity contribution in [3.05, 3.63) is 12.7 Å². The van der Waals surface area contributed by atoms with Crippen LogP contribution in [-0.2, 0) is 0 Å². The molecular weight excluding hydrogens is 176 g/mol. The van der Waals surface area contributed by atoms with Crippen molar-refractivity contribution in [3.8, 4) is 0 Å². The van der Waals surface area contributed by atoms with Crippen LogP contribution >= 0.6 is 0 Å². The van der Waals surface area contributed by atoms with Crippen LogP contribution in [0.1, 0.15) is 39.0 Å². The van der Waals surface area contributed by atoms with Crippen LogP contribution in [-0.4, -0.2) is 21.9 Å². The molecule has 3 rings (SSSR count). The van der Waals surface area contributed by atoms with E-state index >= 15 is 0 Å². The Morgan fingerprint density at radius 1 is 1.57 bits per heavy atom. The van der Waals surface area contributed by atoms with Crippen molar-refractivity contribution < 1.29 is 10.2 Å². The van der Waals surface area contributed by atoms with Gasteiger partial charge in [-0.05, 0) is 37.5 Å². The number of hydrogen-bond donors (Lipinski definition) is 2. The second-order valence-electron chi connectivity index (χ2n) is 5.50. The van der Waals surface area contributed by atoms with Crippen molar-refractivity contribution in [2.75, 3.05) is 0 Å². The van der Waals surface area contributed by atoms with Gasteiger partial charge in [-0.15, -0.1) is 6.58 Å². The first kappa shape index (κ1) is 10.2. The fraction of sp³-hybridized carbons (Fsp3) is 0.833. The molecule has 80 valence electrons. The van der Waals surface area contributed by atoms with Gasteiger partial charge < -0.3 is 10.2 Å². The molecular formula is C12H20O2. The molecule has 0 aromatic heterocycles. The van der Waals surface area contributed by atoms with E-state index < -0.39 is 5.60 Å². The van der Waals surface area contributed by atoms with E-state index in [-0.39, 0.29) is 17.4 Å². The molecule has 3 aliphatic carbocycles. The molecule has 3 aliphatic rings. The van der Waals surface area contributed by atoms with Crippen LogP contribution in [0, 0.1) is 11.3 Å². The third-order valence-electron chi connectivity index (χ3n) is 4.15. The maximum absolute atomic E-state index is 10.5. The zero-order chi connectivity index (χ0) is 10.4. The smallest absolute Gasteiger partial charge is 0.0739 e. The summed E-state index contributed by atoms with van der Waals surface area (Å²) < 4.78 is 0. The lowest BCUT2D eigenvalue weighted by Gasteiger charge is -2.56. The first-order valence-corrected chi connectivity index (χ1v) is 5.50. The normalized spacial score (nSPS) is 51.9. The SMILES string of the molecule is C=CC[C@@]1(O)C[C@@]2(C)CC[C@@H]1[C@@H](O)C2. The summed E-state index contributed by atoms with van der Waals surface area (Å²) in [5, 5.41) is 20.4. The van der Waals surface area contributed by atoms with E-state index in [2.05, 4.69) is 13.5 Å². The van der Waals surface area contributed by atoms with Crippen LogP contribution in [0.5, 0.6) is 0 Å². The molecule has 0 radical (unpaired) electrons. The van der Waals surface area contributed by atoms with Gasteiger partial charge in [-0.25, -0.2) is 0 Å². The third-order valence-corrected chi connectivity index (χ3v) is 4.15. The Balaban J connectivity index is 2.25. The van der Waals surface area contributed by atoms with Crippen LogP contribution in [0.4, 0.5) is 0 Å². The first-order valence-electron chi connectivity index (χ1n) is 5.50. The molecule has 2 nitrogen and oxygen atoms in total. The van der Waals surface area contributed by atoms with Crippen molar-refractivity contribution in [1.82, 2.24) is 0 Å². The average Bonchev–Trinajstić information content (AvgIpc) is 2.00. The molecule has 2 heteroatoms. The Morgan fingerprint density at radius 3 is 2.79 bits per heavy atom. The molecule has 0 aliphatic heterocycles. The second-order valence-corrected chi connectivity index (χ2v) is 5.50. The standard InChI is InChI=1S/C12H20O2/c1-3-5-12(14)8-11(2)6-4-9(12)10(13)7-11/h3,9-10,13-14H,1,4-8H2,2H3/t9-,10+,11+,12-/m1/s1. The summed E-state index contributed by atoms with van der Waals surface area (Å²) in [7, 11) is 0. The van der Waals surface area contributed by atoms with Gasteiger partial charge >= 0.3 is 0 Å². The lowest BCUT2D eigenvalue weighted by atomic mass is 9.53. The van der Waals surface area contributed by atoms with Gasteiger partial charge in [0.25, 0.3) is 0 Å². The highest BCUT2D eigenvalue weighted by Gasteiger charge is 2.54. The van der Waals surface area contributed by atoms with Gasteiger partial charge in [0.15, 0.2) is 0 Å². The fourth-order valence-corrected chi connectivity index (χ4v) is 3.58. The van der Waals surface area contributed by atoms with Crippen LogP contribution in [0.2, 0.25) is 0 Å². The van der Waals surface area contributed by atoms with E-state index in [0.717, 1.165) is 25.7 Å². The van der Waals surface area contributed by atoms with Crippen molar-refractivity contribution in [3.63, 3.8) is 0 Å². The van der Waals surface area contributed by atoms with E-state index in [1.54, 1.807) is 6.08 Å². The fourth-order valence-electron chi connectivity index (χ4n) is 3.58. The highest BCUT2D eigenvalue weighted by Crippen LogP contribution is 2.55. The van der Waals surface area contributed by atoms with Gasteiger partial charge in [0.05, 0.1) is 11.7 Å². The molecule has 3 saturated carbocycles. The van der Waals surface area contributed by atoms with E-state index in [0.29, 0.717) is 6.42 Å². The third kappa shape index (κ3) is 1.41. The van der Waals surface area contributed by atoms with Crippen LogP contribution in [0.25, 0.3) is 0 Å². The van der Waals surface area contributed by atoms with E-state index in [1.165, 1.54) is 0 Å². The van der Waals surface area contributed by atoms with Gasteiger partial charge in [0.1, 0.15) is 0 Å². The van der Waals surface area contributed by atoms with Crippen LogP contribution < -0.4 is 0 Å². The molecule has 0 amide bonds. The molecule has 3 fully saturated rings. The number of aliphatic hydroxyl groups is 2. The predicted molar refractivity (Wildman–Crippen MR) is 55.8 cm³/mol. The highest BCUT2D eigenvalue weighted by atomic mass is 16.3. The van der Waals surface area contributed by atoms with E-state index in [9.17, 15) is 10.2 Å². The van der Waals surface area contributed by atoms with Crippen molar-refractivity contribution in [1.29, 1.82) is 0 Å². The summed E-state index contributed by atoms with van der Waals surface area (Å²) in [6, 6.07) is 0. The van der Waals surface area contributed by atoms with Gasteiger partial charge in [-0.3, -0.25) is 0 Å². The molecule has 0 aromatic rings. The van der Waals surface area contributed by atoms with Crippen molar-refractivity contribution in [2.24, 2.45) is 11.3 Å². The molecule has 0 saturated heterocycles. The Labute approximate surface area is 85.6 Å². The summed E-state index contributed by atoms with van der Waals surface area (Å²) in [5.41, 5.74) is -0.543. The summed E-state index contributed by atoms with van der Waals surface area (Å²) in [6.07, 6.45) is 5.87. The maximum atomic E-state index is 10.5.